The van der Waals surface area contributed by atoms with Crippen molar-refractivity contribution in [2.45, 2.75) is 6.04 Å². The number of nitrogens with zero attached hydrogens (tertiary/aromatic N) is 4. The highest BCUT2D eigenvalue weighted by atomic mass is 35.5. The number of hydrogen-bond acceptors (Lipinski definition) is 8. The van der Waals surface area contributed by atoms with Crippen molar-refractivity contribution in [2.24, 2.45) is 0 Å². The van der Waals surface area contributed by atoms with Gasteiger partial charge in [-0.2, -0.15) is 4.98 Å². The van der Waals surface area contributed by atoms with Gasteiger partial charge in [-0.05, 0) is 19.2 Å². The predicted octanol–water partition coefficient (Wildman–Crippen LogP) is 3.57. The van der Waals surface area contributed by atoms with Crippen LogP contribution in [0.1, 0.15) is 11.9 Å². The van der Waals surface area contributed by atoms with Gasteiger partial charge in [0.2, 0.25) is 0 Å². The number of thiophene rings is 1. The van der Waals surface area contributed by atoms with E-state index < -0.39 is 0 Å². The summed E-state index contributed by atoms with van der Waals surface area (Å²) < 4.78 is 6.17. The van der Waals surface area contributed by atoms with Crippen LogP contribution in [0, 0.1) is 0 Å². The van der Waals surface area contributed by atoms with Crippen LogP contribution in [0.25, 0.3) is 21.5 Å². The SMILES string of the molecule is CN1CCNCC1c1noc(-c2csc(-c3ccc(Cl)s3)n2)n1.Cl. The number of nitrogens with one attached hydrogen (secondary N) is 1. The van der Waals surface area contributed by atoms with Crippen LogP contribution < -0.4 is 5.32 Å². The monoisotopic (exact) mass is 403 g/mol. The zero-order valence-corrected chi connectivity index (χ0v) is 15.9. The molecule has 0 bridgehead atoms. The van der Waals surface area contributed by atoms with Gasteiger partial charge in [0, 0.05) is 25.0 Å². The molecular weight excluding hydrogens is 389 g/mol. The maximum atomic E-state index is 5.98. The molecule has 1 aliphatic heterocycles. The summed E-state index contributed by atoms with van der Waals surface area (Å²) in [5.74, 6) is 1.16. The number of likely N-dealkylation sites (N-methyl/N-ethyl adjacent to an activating group) is 1. The van der Waals surface area contributed by atoms with E-state index in [1.807, 2.05) is 17.5 Å². The normalized spacial score (nSPS) is 18.5. The van der Waals surface area contributed by atoms with Crippen molar-refractivity contribution in [3.8, 4) is 21.5 Å². The van der Waals surface area contributed by atoms with Crippen LogP contribution in [0.4, 0.5) is 0 Å². The first-order chi connectivity index (χ1) is 11.2. The topological polar surface area (TPSA) is 67.1 Å². The highest BCUT2D eigenvalue weighted by Gasteiger charge is 2.26. The van der Waals surface area contributed by atoms with Crippen LogP contribution >= 0.6 is 46.7 Å². The van der Waals surface area contributed by atoms with E-state index >= 15 is 0 Å². The molecule has 0 spiro atoms. The summed E-state index contributed by atoms with van der Waals surface area (Å²) >= 11 is 9.04. The van der Waals surface area contributed by atoms with Gasteiger partial charge < -0.3 is 9.84 Å². The van der Waals surface area contributed by atoms with Gasteiger partial charge in [-0.1, -0.05) is 16.8 Å². The van der Waals surface area contributed by atoms with Gasteiger partial charge in [-0.3, -0.25) is 4.90 Å². The first-order valence-corrected chi connectivity index (χ1v) is 9.24. The lowest BCUT2D eigenvalue weighted by atomic mass is 10.2. The summed E-state index contributed by atoms with van der Waals surface area (Å²) in [6, 6.07) is 3.98. The van der Waals surface area contributed by atoms with Gasteiger partial charge in [0.1, 0.15) is 10.7 Å². The smallest absolute Gasteiger partial charge is 0.277 e. The Labute approximate surface area is 158 Å². The number of piperazine rings is 1. The zero-order valence-electron chi connectivity index (χ0n) is 12.7. The highest BCUT2D eigenvalue weighted by Crippen LogP contribution is 2.35. The van der Waals surface area contributed by atoms with Crippen LogP contribution in [0.3, 0.4) is 0 Å². The second kappa shape index (κ2) is 7.47. The number of halogens is 2. The molecule has 0 amide bonds. The molecule has 1 N–H and O–H groups in total. The quantitative estimate of drug-likeness (QED) is 0.720. The second-order valence-corrected chi connectivity index (χ2v) is 7.87. The molecule has 0 radical (unpaired) electrons. The van der Waals surface area contributed by atoms with E-state index in [1.165, 1.54) is 11.3 Å². The molecular formula is C14H15Cl2N5OS2. The maximum Gasteiger partial charge on any atom is 0.277 e. The second-order valence-electron chi connectivity index (χ2n) is 5.30. The van der Waals surface area contributed by atoms with E-state index in [4.69, 9.17) is 16.1 Å². The molecule has 0 aromatic carbocycles. The minimum Gasteiger partial charge on any atom is -0.332 e. The standard InChI is InChI=1S/C14H14ClN5OS2.ClH/c1-20-5-4-16-6-9(20)12-18-13(21-19-12)8-7-22-14(17-8)10-2-3-11(15)23-10;/h2-3,7,9,16H,4-6H2,1H3;1H. The molecule has 0 saturated carbocycles. The van der Waals surface area contributed by atoms with Crippen molar-refractivity contribution in [3.63, 3.8) is 0 Å². The molecule has 1 unspecified atom stereocenters. The average Bonchev–Trinajstić information content (AvgIpc) is 3.27. The molecule has 0 aliphatic carbocycles. The highest BCUT2D eigenvalue weighted by molar-refractivity contribution is 7.23. The predicted molar refractivity (Wildman–Crippen MR) is 99.2 cm³/mol. The van der Waals surface area contributed by atoms with Gasteiger partial charge >= 0.3 is 0 Å². The molecule has 3 aromatic heterocycles. The molecule has 1 aliphatic rings. The average molecular weight is 404 g/mol. The lowest BCUT2D eigenvalue weighted by molar-refractivity contribution is 0.190. The van der Waals surface area contributed by atoms with Crippen molar-refractivity contribution in [2.75, 3.05) is 26.7 Å². The Morgan fingerprint density at radius 1 is 1.38 bits per heavy atom. The van der Waals surface area contributed by atoms with Crippen molar-refractivity contribution in [1.29, 1.82) is 0 Å². The Hall–Kier alpha value is -1.03. The molecule has 3 aromatic rings. The van der Waals surface area contributed by atoms with E-state index in [2.05, 4.69) is 32.4 Å². The molecule has 1 fully saturated rings. The van der Waals surface area contributed by atoms with Gasteiger partial charge in [-0.15, -0.1) is 35.1 Å². The first kappa shape index (κ1) is 17.8. The fraction of sp³-hybridized carbons (Fsp3) is 0.357. The van der Waals surface area contributed by atoms with Gasteiger partial charge in [0.15, 0.2) is 5.82 Å². The van der Waals surface area contributed by atoms with Crippen LogP contribution in [-0.2, 0) is 0 Å². The summed E-state index contributed by atoms with van der Waals surface area (Å²) in [5.41, 5.74) is 0.708. The van der Waals surface area contributed by atoms with Crippen LogP contribution in [0.15, 0.2) is 22.0 Å². The van der Waals surface area contributed by atoms with E-state index in [1.54, 1.807) is 11.3 Å². The maximum absolute atomic E-state index is 5.98. The fourth-order valence-corrected chi connectivity index (χ4v) is 4.39. The number of aromatic nitrogens is 3. The number of thiazole rings is 1. The lowest BCUT2D eigenvalue weighted by Crippen LogP contribution is -2.44. The lowest BCUT2D eigenvalue weighted by Gasteiger charge is -2.30. The van der Waals surface area contributed by atoms with Gasteiger partial charge in [-0.25, -0.2) is 4.98 Å². The Balaban J connectivity index is 0.00000169. The fourth-order valence-electron chi connectivity index (χ4n) is 2.48. The summed E-state index contributed by atoms with van der Waals surface area (Å²) in [5, 5.41) is 10.3. The molecule has 4 heterocycles. The summed E-state index contributed by atoms with van der Waals surface area (Å²) in [6.45, 7) is 2.77. The van der Waals surface area contributed by atoms with Crippen LogP contribution in [0.5, 0.6) is 0 Å². The Kier molecular flexibility index (Phi) is 5.53. The van der Waals surface area contributed by atoms with Crippen LogP contribution in [-0.4, -0.2) is 46.7 Å². The third-order valence-electron chi connectivity index (χ3n) is 3.76. The van der Waals surface area contributed by atoms with Gasteiger partial charge in [0.25, 0.3) is 5.89 Å². The van der Waals surface area contributed by atoms with Crippen molar-refractivity contribution in [1.82, 2.24) is 25.3 Å². The molecule has 6 nitrogen and oxygen atoms in total. The third kappa shape index (κ3) is 3.49. The van der Waals surface area contributed by atoms with Crippen molar-refractivity contribution < 1.29 is 4.52 Å². The zero-order chi connectivity index (χ0) is 15.8. The van der Waals surface area contributed by atoms with Gasteiger partial charge in [0.05, 0.1) is 15.3 Å². The Morgan fingerprint density at radius 3 is 3.00 bits per heavy atom. The number of rotatable bonds is 3. The molecule has 1 saturated heterocycles. The molecule has 24 heavy (non-hydrogen) atoms. The first-order valence-electron chi connectivity index (χ1n) is 7.17. The molecule has 4 rings (SSSR count). The Bertz CT molecular complexity index is 818. The third-order valence-corrected chi connectivity index (χ3v) is 6.00. The molecule has 10 heteroatoms. The molecule has 128 valence electrons. The minimum absolute atomic E-state index is 0. The molecule has 1 atom stereocenters. The number of hydrogen-bond donors (Lipinski definition) is 1. The van der Waals surface area contributed by atoms with E-state index in [0.717, 1.165) is 33.9 Å². The van der Waals surface area contributed by atoms with E-state index in [-0.39, 0.29) is 18.4 Å². The summed E-state index contributed by atoms with van der Waals surface area (Å²) in [6.07, 6.45) is 0. The van der Waals surface area contributed by atoms with E-state index in [0.29, 0.717) is 17.4 Å². The summed E-state index contributed by atoms with van der Waals surface area (Å²) in [7, 11) is 2.07. The summed E-state index contributed by atoms with van der Waals surface area (Å²) in [4.78, 5) is 12.4. The van der Waals surface area contributed by atoms with E-state index in [9.17, 15) is 0 Å². The van der Waals surface area contributed by atoms with Crippen LogP contribution in [0.2, 0.25) is 4.34 Å². The van der Waals surface area contributed by atoms with Crippen molar-refractivity contribution >= 4 is 46.7 Å². The Morgan fingerprint density at radius 2 is 2.25 bits per heavy atom. The minimum atomic E-state index is 0. The van der Waals surface area contributed by atoms with Crippen molar-refractivity contribution in [3.05, 3.63) is 27.7 Å². The largest absolute Gasteiger partial charge is 0.332 e.